The monoisotopic (exact) mass is 206 g/mol. The zero-order valence-corrected chi connectivity index (χ0v) is 9.57. The van der Waals surface area contributed by atoms with E-state index in [2.05, 4.69) is 37.1 Å². The molecule has 0 aliphatic carbocycles. The van der Waals surface area contributed by atoms with Crippen LogP contribution in [0.5, 0.6) is 0 Å². The molecule has 1 rings (SSSR count). The number of nitriles is 1. The molecule has 0 fully saturated rings. The van der Waals surface area contributed by atoms with E-state index in [0.29, 0.717) is 6.04 Å². The Morgan fingerprint density at radius 3 is 2.87 bits per heavy atom. The maximum absolute atomic E-state index is 9.08. The van der Waals surface area contributed by atoms with E-state index >= 15 is 0 Å². The minimum atomic E-state index is -0.255. The maximum atomic E-state index is 9.08. The second-order valence-corrected chi connectivity index (χ2v) is 3.84. The predicted octanol–water partition coefficient (Wildman–Crippen LogP) is 2.03. The van der Waals surface area contributed by atoms with Crippen LogP contribution in [0.1, 0.15) is 45.0 Å². The van der Waals surface area contributed by atoms with Crippen molar-refractivity contribution in [3.63, 3.8) is 0 Å². The summed E-state index contributed by atoms with van der Waals surface area (Å²) >= 11 is 0. The zero-order valence-electron chi connectivity index (χ0n) is 9.57. The van der Waals surface area contributed by atoms with Crippen LogP contribution in [0.4, 0.5) is 0 Å². The van der Waals surface area contributed by atoms with Crippen LogP contribution >= 0.6 is 0 Å². The minimum Gasteiger partial charge on any atom is -0.330 e. The van der Waals surface area contributed by atoms with Gasteiger partial charge in [0.15, 0.2) is 0 Å². The van der Waals surface area contributed by atoms with Crippen LogP contribution in [0.25, 0.3) is 0 Å². The molecule has 1 unspecified atom stereocenters. The fourth-order valence-electron chi connectivity index (χ4n) is 1.47. The third-order valence-electron chi connectivity index (χ3n) is 2.28. The lowest BCUT2D eigenvalue weighted by Gasteiger charge is -2.16. The molecular formula is C11H18N4. The molecule has 82 valence electrons. The average Bonchev–Trinajstić information content (AvgIpc) is 2.68. The number of hydrogen-bond acceptors (Lipinski definition) is 3. The molecule has 0 saturated heterocycles. The van der Waals surface area contributed by atoms with Crippen molar-refractivity contribution in [3.05, 3.63) is 18.2 Å². The van der Waals surface area contributed by atoms with Gasteiger partial charge in [0.25, 0.3) is 0 Å². The summed E-state index contributed by atoms with van der Waals surface area (Å²) in [5.74, 6) is 0. The van der Waals surface area contributed by atoms with Gasteiger partial charge >= 0.3 is 0 Å². The van der Waals surface area contributed by atoms with Gasteiger partial charge in [-0.3, -0.25) is 5.32 Å². The molecule has 1 atom stereocenters. The second-order valence-electron chi connectivity index (χ2n) is 3.84. The molecule has 0 bridgehead atoms. The molecule has 0 spiro atoms. The molecule has 15 heavy (non-hydrogen) atoms. The summed E-state index contributed by atoms with van der Waals surface area (Å²) in [6.07, 6.45) is 4.56. The number of rotatable bonds is 5. The van der Waals surface area contributed by atoms with E-state index in [9.17, 15) is 0 Å². The summed E-state index contributed by atoms with van der Waals surface area (Å²) in [4.78, 5) is 4.09. The Hall–Kier alpha value is -1.34. The van der Waals surface area contributed by atoms with E-state index in [1.54, 1.807) is 12.5 Å². The number of imidazole rings is 1. The van der Waals surface area contributed by atoms with E-state index in [-0.39, 0.29) is 6.04 Å². The first-order valence-electron chi connectivity index (χ1n) is 5.35. The van der Waals surface area contributed by atoms with Crippen LogP contribution in [-0.2, 0) is 0 Å². The van der Waals surface area contributed by atoms with Crippen molar-refractivity contribution in [3.8, 4) is 6.07 Å². The highest BCUT2D eigenvalue weighted by Gasteiger charge is 2.15. The Morgan fingerprint density at radius 1 is 1.60 bits per heavy atom. The Kier molecular flexibility index (Phi) is 4.32. The lowest BCUT2D eigenvalue weighted by molar-refractivity contribution is 0.525. The van der Waals surface area contributed by atoms with Gasteiger partial charge in [-0.1, -0.05) is 6.92 Å². The number of hydrogen-bond donors (Lipinski definition) is 1. The smallest absolute Gasteiger partial charge is 0.138 e. The summed E-state index contributed by atoms with van der Waals surface area (Å²) in [6.45, 7) is 7.10. The highest BCUT2D eigenvalue weighted by atomic mass is 15.1. The first kappa shape index (κ1) is 11.7. The molecule has 0 amide bonds. The summed E-state index contributed by atoms with van der Waals surface area (Å²) in [6, 6.07) is 2.34. The summed E-state index contributed by atoms with van der Waals surface area (Å²) < 4.78 is 2.02. The predicted molar refractivity (Wildman–Crippen MR) is 59.3 cm³/mol. The Balaban J connectivity index is 2.83. The van der Waals surface area contributed by atoms with Crippen molar-refractivity contribution >= 4 is 0 Å². The van der Waals surface area contributed by atoms with Crippen LogP contribution in [0.15, 0.2) is 12.5 Å². The van der Waals surface area contributed by atoms with Gasteiger partial charge in [0.2, 0.25) is 0 Å². The third-order valence-corrected chi connectivity index (χ3v) is 2.28. The van der Waals surface area contributed by atoms with Crippen molar-refractivity contribution in [1.29, 1.82) is 5.26 Å². The van der Waals surface area contributed by atoms with Gasteiger partial charge in [-0.25, -0.2) is 4.98 Å². The first-order valence-corrected chi connectivity index (χ1v) is 5.35. The Morgan fingerprint density at radius 2 is 2.33 bits per heavy atom. The van der Waals surface area contributed by atoms with Crippen molar-refractivity contribution in [2.75, 3.05) is 6.54 Å². The lowest BCUT2D eigenvalue weighted by Crippen LogP contribution is -2.23. The Bertz CT molecular complexity index is 335. The van der Waals surface area contributed by atoms with Crippen LogP contribution in [0.2, 0.25) is 0 Å². The number of aromatic nitrogens is 2. The number of nitrogens with zero attached hydrogens (tertiary/aromatic N) is 3. The van der Waals surface area contributed by atoms with Gasteiger partial charge in [0.1, 0.15) is 6.04 Å². The van der Waals surface area contributed by atoms with E-state index in [4.69, 9.17) is 5.26 Å². The summed E-state index contributed by atoms with van der Waals surface area (Å²) in [7, 11) is 0. The van der Waals surface area contributed by atoms with Gasteiger partial charge in [-0.2, -0.15) is 5.26 Å². The fraction of sp³-hybridized carbons (Fsp3) is 0.636. The van der Waals surface area contributed by atoms with E-state index < -0.39 is 0 Å². The Labute approximate surface area is 90.9 Å². The molecule has 0 radical (unpaired) electrons. The standard InChI is InChI=1S/C11H18N4/c1-4-5-14-10(6-12)11-7-13-8-15(11)9(2)3/h7-10,14H,4-5H2,1-3H3. The molecule has 0 aliphatic heterocycles. The largest absolute Gasteiger partial charge is 0.330 e. The number of nitrogens with one attached hydrogen (secondary N) is 1. The van der Waals surface area contributed by atoms with Crippen LogP contribution in [0, 0.1) is 11.3 Å². The quantitative estimate of drug-likeness (QED) is 0.802. The SMILES string of the molecule is CCCNC(C#N)c1cncn1C(C)C. The molecule has 0 saturated carbocycles. The molecule has 1 aromatic rings. The summed E-state index contributed by atoms with van der Waals surface area (Å²) in [5, 5.41) is 12.3. The molecule has 0 aromatic carbocycles. The average molecular weight is 206 g/mol. The van der Waals surface area contributed by atoms with Crippen molar-refractivity contribution < 1.29 is 0 Å². The molecule has 1 N–H and O–H groups in total. The van der Waals surface area contributed by atoms with E-state index in [1.165, 1.54) is 0 Å². The van der Waals surface area contributed by atoms with E-state index in [0.717, 1.165) is 18.7 Å². The molecular weight excluding hydrogens is 188 g/mol. The van der Waals surface area contributed by atoms with Gasteiger partial charge in [-0.05, 0) is 26.8 Å². The summed E-state index contributed by atoms with van der Waals surface area (Å²) in [5.41, 5.74) is 0.945. The van der Waals surface area contributed by atoms with Crippen molar-refractivity contribution in [1.82, 2.24) is 14.9 Å². The molecule has 4 heteroatoms. The molecule has 1 heterocycles. The van der Waals surface area contributed by atoms with Crippen molar-refractivity contribution in [2.24, 2.45) is 0 Å². The molecule has 4 nitrogen and oxygen atoms in total. The van der Waals surface area contributed by atoms with Gasteiger partial charge in [-0.15, -0.1) is 0 Å². The molecule has 0 aliphatic rings. The van der Waals surface area contributed by atoms with Crippen LogP contribution in [-0.4, -0.2) is 16.1 Å². The van der Waals surface area contributed by atoms with Gasteiger partial charge in [0, 0.05) is 6.04 Å². The third kappa shape index (κ3) is 2.80. The van der Waals surface area contributed by atoms with Crippen LogP contribution in [0.3, 0.4) is 0 Å². The maximum Gasteiger partial charge on any atom is 0.138 e. The van der Waals surface area contributed by atoms with Gasteiger partial charge in [0.05, 0.1) is 24.3 Å². The molecule has 1 aromatic heterocycles. The second kappa shape index (κ2) is 5.52. The van der Waals surface area contributed by atoms with Gasteiger partial charge < -0.3 is 4.57 Å². The zero-order chi connectivity index (χ0) is 11.3. The first-order chi connectivity index (χ1) is 7.20. The van der Waals surface area contributed by atoms with E-state index in [1.807, 2.05) is 4.57 Å². The highest BCUT2D eigenvalue weighted by Crippen LogP contribution is 2.16. The normalized spacial score (nSPS) is 12.7. The van der Waals surface area contributed by atoms with Crippen molar-refractivity contribution in [2.45, 2.75) is 39.3 Å². The highest BCUT2D eigenvalue weighted by molar-refractivity contribution is 5.14. The topological polar surface area (TPSA) is 53.6 Å². The minimum absolute atomic E-state index is 0.255. The fourth-order valence-corrected chi connectivity index (χ4v) is 1.47. The lowest BCUT2D eigenvalue weighted by atomic mass is 10.2. The van der Waals surface area contributed by atoms with Crippen LogP contribution < -0.4 is 5.32 Å².